The molecule has 12 nitrogen and oxygen atoms in total. The third-order valence-electron chi connectivity index (χ3n) is 5.04. The fourth-order valence-corrected chi connectivity index (χ4v) is 3.33. The van der Waals surface area contributed by atoms with Gasteiger partial charge in [-0.3, -0.25) is 25.0 Å². The molecule has 0 unspecified atom stereocenters. The number of fused-ring (bicyclic) bond motifs is 2. The minimum absolute atomic E-state index is 0.000943. The number of phenolic OH excluding ortho intramolecular Hbond substituents is 1. The monoisotopic (exact) mass is 558 g/mol. The lowest BCUT2D eigenvalue weighted by Gasteiger charge is -2.08. The van der Waals surface area contributed by atoms with Gasteiger partial charge in [-0.1, -0.05) is 36.4 Å². The number of non-ortho nitro benzene ring substituents is 2. The summed E-state index contributed by atoms with van der Waals surface area (Å²) in [7, 11) is 2.56. The SMILES string of the molecule is COC(=O)CCl.COC(=O)COc1ccc([N+](=O)[O-])c2ccccc12.O=[N+]([O-])c1ccc(O)c2ccccc12. The van der Waals surface area contributed by atoms with Crippen LogP contribution in [0.5, 0.6) is 11.5 Å². The Morgan fingerprint density at radius 2 is 1.21 bits per heavy atom. The number of methoxy groups -OCH3 is 2. The molecule has 0 spiro atoms. The quantitative estimate of drug-likeness (QED) is 0.144. The molecule has 4 rings (SSSR count). The van der Waals surface area contributed by atoms with E-state index in [1.54, 1.807) is 48.5 Å². The van der Waals surface area contributed by atoms with Crippen LogP contribution in [0.1, 0.15) is 0 Å². The number of halogens is 1. The Morgan fingerprint density at radius 1 is 0.744 bits per heavy atom. The molecule has 1 N–H and O–H groups in total. The van der Waals surface area contributed by atoms with Crippen LogP contribution >= 0.6 is 11.6 Å². The minimum atomic E-state index is -0.512. The standard InChI is InChI=1S/C13H11NO5.C10H7NO3.C3H5ClO2/c1-18-13(15)8-19-12-7-6-11(14(16)17)9-4-2-3-5-10(9)12;12-10-6-5-9(11(13)14)7-3-1-2-4-8(7)10;1-6-3(5)2-4/h2-7H,8H2,1H3;1-6,12H;2H2,1H3. The molecule has 0 bridgehead atoms. The van der Waals surface area contributed by atoms with Crippen LogP contribution in [0.2, 0.25) is 0 Å². The number of ether oxygens (including phenoxy) is 3. The van der Waals surface area contributed by atoms with E-state index >= 15 is 0 Å². The third kappa shape index (κ3) is 8.27. The van der Waals surface area contributed by atoms with Gasteiger partial charge in [-0.25, -0.2) is 4.79 Å². The normalized spacial score (nSPS) is 9.82. The molecule has 0 heterocycles. The average Bonchev–Trinajstić information content (AvgIpc) is 2.95. The molecule has 0 aliphatic carbocycles. The third-order valence-corrected chi connectivity index (χ3v) is 5.26. The average molecular weight is 559 g/mol. The second kappa shape index (κ2) is 14.7. The number of rotatable bonds is 6. The number of nitrogens with zero attached hydrogens (tertiary/aromatic N) is 2. The summed E-state index contributed by atoms with van der Waals surface area (Å²) >= 11 is 4.98. The minimum Gasteiger partial charge on any atom is -0.507 e. The van der Waals surface area contributed by atoms with Gasteiger partial charge in [0.15, 0.2) is 6.61 Å². The van der Waals surface area contributed by atoms with E-state index in [1.165, 1.54) is 38.5 Å². The maximum Gasteiger partial charge on any atom is 0.343 e. The summed E-state index contributed by atoms with van der Waals surface area (Å²) in [5.41, 5.74) is 0.0134. The summed E-state index contributed by atoms with van der Waals surface area (Å²) in [5, 5.41) is 33.0. The first kappa shape index (κ1) is 30.3. The summed E-state index contributed by atoms with van der Waals surface area (Å²) in [4.78, 5) is 41.5. The van der Waals surface area contributed by atoms with E-state index in [1.807, 2.05) is 0 Å². The van der Waals surface area contributed by atoms with Crippen molar-refractivity contribution in [3.8, 4) is 11.5 Å². The highest BCUT2D eigenvalue weighted by Gasteiger charge is 2.15. The lowest BCUT2D eigenvalue weighted by molar-refractivity contribution is -0.383. The van der Waals surface area contributed by atoms with Crippen LogP contribution in [-0.4, -0.2) is 53.6 Å². The van der Waals surface area contributed by atoms with Crippen LogP contribution in [0.3, 0.4) is 0 Å². The van der Waals surface area contributed by atoms with Crippen molar-refractivity contribution in [1.82, 2.24) is 0 Å². The summed E-state index contributed by atoms with van der Waals surface area (Å²) < 4.78 is 13.9. The summed E-state index contributed by atoms with van der Waals surface area (Å²) in [6, 6.07) is 19.0. The fraction of sp³-hybridized carbons (Fsp3) is 0.154. The number of nitro groups is 2. The van der Waals surface area contributed by atoms with Crippen LogP contribution < -0.4 is 4.74 Å². The Morgan fingerprint density at radius 3 is 1.67 bits per heavy atom. The van der Waals surface area contributed by atoms with Gasteiger partial charge in [-0.2, -0.15) is 0 Å². The van der Waals surface area contributed by atoms with Gasteiger partial charge in [0.1, 0.15) is 17.4 Å². The largest absolute Gasteiger partial charge is 0.507 e. The van der Waals surface area contributed by atoms with E-state index in [2.05, 4.69) is 9.47 Å². The topological polar surface area (TPSA) is 168 Å². The number of hydrogen-bond acceptors (Lipinski definition) is 10. The molecular formula is C26H23ClN2O10. The number of carbonyl (C=O) groups excluding carboxylic acids is 2. The summed E-state index contributed by atoms with van der Waals surface area (Å²) in [6.45, 7) is -0.238. The number of esters is 2. The zero-order valence-electron chi connectivity index (χ0n) is 20.7. The molecule has 0 atom stereocenters. The van der Waals surface area contributed by atoms with Gasteiger partial charge in [0, 0.05) is 22.9 Å². The molecule has 0 fully saturated rings. The highest BCUT2D eigenvalue weighted by atomic mass is 35.5. The smallest absolute Gasteiger partial charge is 0.343 e. The highest BCUT2D eigenvalue weighted by Crippen LogP contribution is 2.33. The number of nitro benzene ring substituents is 2. The molecule has 204 valence electrons. The van der Waals surface area contributed by atoms with E-state index in [0.29, 0.717) is 27.3 Å². The molecule has 0 saturated carbocycles. The zero-order valence-corrected chi connectivity index (χ0v) is 21.5. The van der Waals surface area contributed by atoms with Crippen molar-refractivity contribution in [2.75, 3.05) is 26.7 Å². The number of benzene rings is 4. The van der Waals surface area contributed by atoms with Gasteiger partial charge >= 0.3 is 11.9 Å². The molecule has 0 aromatic heterocycles. The molecule has 39 heavy (non-hydrogen) atoms. The lowest BCUT2D eigenvalue weighted by atomic mass is 10.1. The predicted octanol–water partition coefficient (Wildman–Crippen LogP) is 5.15. The maximum atomic E-state index is 11.0. The summed E-state index contributed by atoms with van der Waals surface area (Å²) in [6.07, 6.45) is 0. The Hall–Kier alpha value is -4.97. The van der Waals surface area contributed by atoms with Gasteiger partial charge in [0.25, 0.3) is 11.4 Å². The molecule has 4 aromatic rings. The molecular weight excluding hydrogens is 536 g/mol. The van der Waals surface area contributed by atoms with Crippen molar-refractivity contribution >= 4 is 56.5 Å². The highest BCUT2D eigenvalue weighted by molar-refractivity contribution is 6.26. The second-order valence-electron chi connectivity index (χ2n) is 7.37. The Kier molecular flexibility index (Phi) is 11.4. The molecule has 0 aliphatic heterocycles. The van der Waals surface area contributed by atoms with Crippen molar-refractivity contribution < 1.29 is 38.8 Å². The molecule has 4 aromatic carbocycles. The van der Waals surface area contributed by atoms with Crippen molar-refractivity contribution in [3.05, 3.63) is 93.0 Å². The molecule has 13 heteroatoms. The fourth-order valence-electron chi connectivity index (χ4n) is 3.22. The molecule has 0 aliphatic rings. The van der Waals surface area contributed by atoms with E-state index in [0.717, 1.165) is 0 Å². The Balaban J connectivity index is 0.000000234. The zero-order chi connectivity index (χ0) is 28.9. The number of aromatic hydroxyl groups is 1. The number of alkyl halides is 1. The first-order valence-corrected chi connectivity index (χ1v) is 11.5. The Labute approximate surface area is 226 Å². The van der Waals surface area contributed by atoms with Crippen LogP contribution in [0.25, 0.3) is 21.5 Å². The first-order valence-electron chi connectivity index (χ1n) is 11.0. The van der Waals surface area contributed by atoms with Gasteiger partial charge in [-0.05, 0) is 24.3 Å². The Bertz CT molecular complexity index is 1490. The molecule has 0 saturated heterocycles. The van der Waals surface area contributed by atoms with E-state index in [4.69, 9.17) is 16.3 Å². The van der Waals surface area contributed by atoms with E-state index in [9.17, 15) is 34.9 Å². The number of phenols is 1. The second-order valence-corrected chi connectivity index (χ2v) is 7.63. The summed E-state index contributed by atoms with van der Waals surface area (Å²) in [5.74, 6) is -0.492. The van der Waals surface area contributed by atoms with Crippen molar-refractivity contribution in [1.29, 1.82) is 0 Å². The van der Waals surface area contributed by atoms with Gasteiger partial charge in [0.05, 0.1) is 34.8 Å². The van der Waals surface area contributed by atoms with Gasteiger partial charge < -0.3 is 19.3 Å². The lowest BCUT2D eigenvalue weighted by Crippen LogP contribution is -2.12. The van der Waals surface area contributed by atoms with Crippen LogP contribution in [0.15, 0.2) is 72.8 Å². The maximum absolute atomic E-state index is 11.0. The predicted molar refractivity (Wildman–Crippen MR) is 143 cm³/mol. The molecule has 0 amide bonds. The van der Waals surface area contributed by atoms with Crippen molar-refractivity contribution in [2.45, 2.75) is 0 Å². The number of carbonyl (C=O) groups is 2. The van der Waals surface area contributed by atoms with Gasteiger partial charge in [-0.15, -0.1) is 11.6 Å². The number of hydrogen-bond donors (Lipinski definition) is 1. The van der Waals surface area contributed by atoms with E-state index in [-0.39, 0.29) is 29.6 Å². The van der Waals surface area contributed by atoms with E-state index < -0.39 is 21.8 Å². The first-order chi connectivity index (χ1) is 18.6. The van der Waals surface area contributed by atoms with Crippen molar-refractivity contribution in [3.63, 3.8) is 0 Å². The van der Waals surface area contributed by atoms with Crippen LogP contribution in [-0.2, 0) is 19.1 Å². The van der Waals surface area contributed by atoms with Crippen LogP contribution in [0, 0.1) is 20.2 Å². The van der Waals surface area contributed by atoms with Crippen LogP contribution in [0.4, 0.5) is 11.4 Å². The van der Waals surface area contributed by atoms with Gasteiger partial charge in [0.2, 0.25) is 0 Å². The molecule has 0 radical (unpaired) electrons. The van der Waals surface area contributed by atoms with Crippen molar-refractivity contribution in [2.24, 2.45) is 0 Å².